The van der Waals surface area contributed by atoms with Crippen LogP contribution in [0, 0.1) is 13.8 Å². The Morgan fingerprint density at radius 2 is 1.78 bits per heavy atom. The summed E-state index contributed by atoms with van der Waals surface area (Å²) in [5, 5.41) is 4.30. The van der Waals surface area contributed by atoms with Crippen LogP contribution in [0.3, 0.4) is 0 Å². The van der Waals surface area contributed by atoms with Crippen molar-refractivity contribution in [1.82, 2.24) is 24.7 Å². The molecule has 0 fully saturated rings. The molecule has 0 radical (unpaired) electrons. The lowest BCUT2D eigenvalue weighted by Crippen LogP contribution is -2.19. The summed E-state index contributed by atoms with van der Waals surface area (Å²) in [4.78, 5) is 13.1. The van der Waals surface area contributed by atoms with Gasteiger partial charge in [0.15, 0.2) is 5.82 Å². The van der Waals surface area contributed by atoms with Gasteiger partial charge in [0.1, 0.15) is 23.3 Å². The van der Waals surface area contributed by atoms with Crippen LogP contribution in [0.15, 0.2) is 6.07 Å². The van der Waals surface area contributed by atoms with E-state index in [-0.39, 0.29) is 5.41 Å². The standard InChI is InChI=1S/C12H18N6/c1-7-14-8(2)18(17-7)10-6-9(13)15-11(16-10)12(3,4)5/h6H,1-5H3,(H2,13,15,16). The van der Waals surface area contributed by atoms with Crippen molar-refractivity contribution in [2.24, 2.45) is 0 Å². The van der Waals surface area contributed by atoms with E-state index in [1.807, 2.05) is 34.6 Å². The molecule has 0 amide bonds. The van der Waals surface area contributed by atoms with Gasteiger partial charge in [-0.2, -0.15) is 4.68 Å². The molecule has 0 aliphatic rings. The van der Waals surface area contributed by atoms with Crippen LogP contribution in [0.1, 0.15) is 38.2 Å². The van der Waals surface area contributed by atoms with Gasteiger partial charge >= 0.3 is 0 Å². The predicted octanol–water partition coefficient (Wildman–Crippen LogP) is 1.55. The lowest BCUT2D eigenvalue weighted by Gasteiger charge is -2.17. The zero-order chi connectivity index (χ0) is 13.5. The van der Waals surface area contributed by atoms with Crippen molar-refractivity contribution in [2.75, 3.05) is 5.73 Å². The van der Waals surface area contributed by atoms with E-state index in [1.165, 1.54) is 0 Å². The molecule has 2 heterocycles. The molecule has 96 valence electrons. The van der Waals surface area contributed by atoms with Crippen LogP contribution in [-0.2, 0) is 5.41 Å². The number of hydrogen-bond donors (Lipinski definition) is 1. The molecular weight excluding hydrogens is 228 g/mol. The van der Waals surface area contributed by atoms with Crippen LogP contribution in [0.5, 0.6) is 0 Å². The van der Waals surface area contributed by atoms with E-state index in [4.69, 9.17) is 5.73 Å². The molecular formula is C12H18N6. The first kappa shape index (κ1) is 12.5. The van der Waals surface area contributed by atoms with Gasteiger partial charge in [0, 0.05) is 11.5 Å². The third kappa shape index (κ3) is 2.32. The van der Waals surface area contributed by atoms with Gasteiger partial charge < -0.3 is 5.73 Å². The quantitative estimate of drug-likeness (QED) is 0.825. The zero-order valence-corrected chi connectivity index (χ0v) is 11.4. The third-order valence-electron chi connectivity index (χ3n) is 2.50. The maximum absolute atomic E-state index is 5.84. The van der Waals surface area contributed by atoms with E-state index in [0.717, 1.165) is 5.82 Å². The SMILES string of the molecule is Cc1nc(C)n(-c2cc(N)nc(C(C)(C)C)n2)n1. The summed E-state index contributed by atoms with van der Waals surface area (Å²) in [5.41, 5.74) is 5.68. The molecule has 2 rings (SSSR count). The number of nitrogens with two attached hydrogens (primary N) is 1. The Labute approximate surface area is 106 Å². The van der Waals surface area contributed by atoms with Crippen LogP contribution in [0.4, 0.5) is 5.82 Å². The maximum Gasteiger partial charge on any atom is 0.161 e. The average Bonchev–Trinajstić information content (AvgIpc) is 2.55. The largest absolute Gasteiger partial charge is 0.384 e. The molecule has 0 unspecified atom stereocenters. The van der Waals surface area contributed by atoms with Crippen molar-refractivity contribution >= 4 is 5.82 Å². The van der Waals surface area contributed by atoms with Crippen LogP contribution in [-0.4, -0.2) is 24.7 Å². The summed E-state index contributed by atoms with van der Waals surface area (Å²) in [5.74, 6) is 3.29. The fraction of sp³-hybridized carbons (Fsp3) is 0.500. The molecule has 6 heteroatoms. The lowest BCUT2D eigenvalue weighted by molar-refractivity contribution is 0.542. The summed E-state index contributed by atoms with van der Waals surface area (Å²) in [7, 11) is 0. The van der Waals surface area contributed by atoms with Crippen molar-refractivity contribution in [3.8, 4) is 5.82 Å². The number of rotatable bonds is 1. The van der Waals surface area contributed by atoms with Gasteiger partial charge in [-0.3, -0.25) is 0 Å². The molecule has 2 aromatic rings. The smallest absolute Gasteiger partial charge is 0.161 e. The molecule has 6 nitrogen and oxygen atoms in total. The number of aryl methyl sites for hydroxylation is 2. The molecule has 0 spiro atoms. The predicted molar refractivity (Wildman–Crippen MR) is 69.5 cm³/mol. The Bertz CT molecular complexity index is 579. The molecule has 0 atom stereocenters. The second-order valence-electron chi connectivity index (χ2n) is 5.34. The Kier molecular flexibility index (Phi) is 2.80. The van der Waals surface area contributed by atoms with E-state index in [1.54, 1.807) is 10.7 Å². The fourth-order valence-electron chi connectivity index (χ4n) is 1.63. The Balaban J connectivity index is 2.59. The monoisotopic (exact) mass is 246 g/mol. The normalized spacial score (nSPS) is 11.8. The number of anilines is 1. The van der Waals surface area contributed by atoms with Gasteiger partial charge in [-0.15, -0.1) is 5.10 Å². The summed E-state index contributed by atoms with van der Waals surface area (Å²) < 4.78 is 1.68. The number of aromatic nitrogens is 5. The molecule has 18 heavy (non-hydrogen) atoms. The molecule has 2 N–H and O–H groups in total. The van der Waals surface area contributed by atoms with E-state index in [2.05, 4.69) is 20.1 Å². The van der Waals surface area contributed by atoms with Gasteiger partial charge in [-0.25, -0.2) is 15.0 Å². The molecule has 2 aromatic heterocycles. The minimum Gasteiger partial charge on any atom is -0.384 e. The minimum atomic E-state index is -0.159. The summed E-state index contributed by atoms with van der Waals surface area (Å²) in [6, 6.07) is 1.70. The molecule has 0 aliphatic heterocycles. The van der Waals surface area contributed by atoms with E-state index < -0.39 is 0 Å². The highest BCUT2D eigenvalue weighted by molar-refractivity contribution is 5.38. The second kappa shape index (κ2) is 4.04. The first-order valence-corrected chi connectivity index (χ1v) is 5.83. The van der Waals surface area contributed by atoms with Gasteiger partial charge in [0.2, 0.25) is 0 Å². The highest BCUT2D eigenvalue weighted by atomic mass is 15.4. The molecule has 0 aromatic carbocycles. The molecule has 0 saturated carbocycles. The molecule has 0 saturated heterocycles. The Morgan fingerprint density at radius 3 is 2.28 bits per heavy atom. The van der Waals surface area contributed by atoms with Gasteiger partial charge in [-0.05, 0) is 13.8 Å². The Morgan fingerprint density at radius 1 is 1.11 bits per heavy atom. The first-order chi connectivity index (χ1) is 8.27. The molecule has 0 bridgehead atoms. The first-order valence-electron chi connectivity index (χ1n) is 5.83. The van der Waals surface area contributed by atoms with E-state index >= 15 is 0 Å². The van der Waals surface area contributed by atoms with Crippen molar-refractivity contribution in [2.45, 2.75) is 40.0 Å². The summed E-state index contributed by atoms with van der Waals surface area (Å²) in [6.45, 7) is 9.87. The van der Waals surface area contributed by atoms with Gasteiger partial charge in [0.05, 0.1) is 0 Å². The van der Waals surface area contributed by atoms with Crippen LogP contribution in [0.25, 0.3) is 5.82 Å². The van der Waals surface area contributed by atoms with Gasteiger partial charge in [-0.1, -0.05) is 20.8 Å². The van der Waals surface area contributed by atoms with Crippen molar-refractivity contribution in [1.29, 1.82) is 0 Å². The fourth-order valence-corrected chi connectivity index (χ4v) is 1.63. The lowest BCUT2D eigenvalue weighted by atomic mass is 9.96. The van der Waals surface area contributed by atoms with E-state index in [0.29, 0.717) is 23.3 Å². The topological polar surface area (TPSA) is 82.5 Å². The van der Waals surface area contributed by atoms with Crippen molar-refractivity contribution < 1.29 is 0 Å². The molecule has 0 aliphatic carbocycles. The van der Waals surface area contributed by atoms with Crippen LogP contribution in [0.2, 0.25) is 0 Å². The second-order valence-corrected chi connectivity index (χ2v) is 5.34. The van der Waals surface area contributed by atoms with Crippen LogP contribution < -0.4 is 5.73 Å². The van der Waals surface area contributed by atoms with E-state index in [9.17, 15) is 0 Å². The van der Waals surface area contributed by atoms with Gasteiger partial charge in [0.25, 0.3) is 0 Å². The third-order valence-corrected chi connectivity index (χ3v) is 2.50. The highest BCUT2D eigenvalue weighted by Gasteiger charge is 2.19. The number of nitrogen functional groups attached to an aromatic ring is 1. The summed E-state index contributed by atoms with van der Waals surface area (Å²) >= 11 is 0. The van der Waals surface area contributed by atoms with Crippen LogP contribution >= 0.6 is 0 Å². The number of hydrogen-bond acceptors (Lipinski definition) is 5. The highest BCUT2D eigenvalue weighted by Crippen LogP contribution is 2.21. The van der Waals surface area contributed by atoms with Crippen molar-refractivity contribution in [3.05, 3.63) is 23.5 Å². The average molecular weight is 246 g/mol. The minimum absolute atomic E-state index is 0.159. The zero-order valence-electron chi connectivity index (χ0n) is 11.4. The van der Waals surface area contributed by atoms with Crippen molar-refractivity contribution in [3.63, 3.8) is 0 Å². The number of nitrogens with zero attached hydrogens (tertiary/aromatic N) is 5. The summed E-state index contributed by atoms with van der Waals surface area (Å²) in [6.07, 6.45) is 0. The maximum atomic E-state index is 5.84. The Hall–Kier alpha value is -1.98.